The van der Waals surface area contributed by atoms with Gasteiger partial charge in [0.05, 0.1) is 5.52 Å². The third-order valence-electron chi connectivity index (χ3n) is 5.98. The van der Waals surface area contributed by atoms with Crippen LogP contribution in [0.5, 0.6) is 0 Å². The predicted octanol–water partition coefficient (Wildman–Crippen LogP) is 3.84. The second-order valence-corrected chi connectivity index (χ2v) is 8.67. The number of hydrogen-bond acceptors (Lipinski definition) is 8. The summed E-state index contributed by atoms with van der Waals surface area (Å²) in [7, 11) is 0. The molecule has 0 bridgehead atoms. The molecule has 0 aliphatic carbocycles. The van der Waals surface area contributed by atoms with Crippen molar-refractivity contribution in [1.82, 2.24) is 30.2 Å². The normalized spacial score (nSPS) is 10.8. The van der Waals surface area contributed by atoms with Crippen LogP contribution in [0.3, 0.4) is 0 Å². The summed E-state index contributed by atoms with van der Waals surface area (Å²) in [5, 5.41) is 3.94. The highest BCUT2D eigenvalue weighted by atomic mass is 16.1. The van der Waals surface area contributed by atoms with Crippen molar-refractivity contribution in [3.05, 3.63) is 114 Å². The minimum Gasteiger partial charge on any atom is -0.382 e. The molecule has 0 saturated carbocycles. The van der Waals surface area contributed by atoms with E-state index in [2.05, 4.69) is 36.2 Å². The van der Waals surface area contributed by atoms with E-state index < -0.39 is 5.91 Å². The van der Waals surface area contributed by atoms with Gasteiger partial charge in [-0.25, -0.2) is 15.0 Å². The van der Waals surface area contributed by atoms with Gasteiger partial charge in [-0.05, 0) is 41.8 Å². The lowest BCUT2D eigenvalue weighted by atomic mass is 10.1. The molecule has 5 aromatic rings. The van der Waals surface area contributed by atoms with Gasteiger partial charge < -0.3 is 16.0 Å². The Morgan fingerprint density at radius 2 is 1.62 bits per heavy atom. The number of nitrogens with two attached hydrogens (primary N) is 1. The number of benzene rings is 1. The number of aromatic nitrogens is 5. The molecule has 0 saturated heterocycles. The van der Waals surface area contributed by atoms with Gasteiger partial charge in [0.1, 0.15) is 5.82 Å². The second-order valence-electron chi connectivity index (χ2n) is 8.67. The van der Waals surface area contributed by atoms with E-state index in [1.54, 1.807) is 12.4 Å². The summed E-state index contributed by atoms with van der Waals surface area (Å²) in [6.07, 6.45) is 10.1. The molecule has 0 spiro atoms. The van der Waals surface area contributed by atoms with Gasteiger partial charge in [0.25, 0.3) is 5.91 Å². The van der Waals surface area contributed by atoms with Crippen LogP contribution in [0.2, 0.25) is 0 Å². The van der Waals surface area contributed by atoms with Crippen molar-refractivity contribution < 1.29 is 4.79 Å². The number of aryl methyl sites for hydroxylation is 1. The number of anilines is 2. The van der Waals surface area contributed by atoms with E-state index in [1.807, 2.05) is 61.8 Å². The molecule has 4 aromatic heterocycles. The fraction of sp³-hybridized carbons (Fsp3) is 0.143. The second kappa shape index (κ2) is 10.8. The average Bonchev–Trinajstić information content (AvgIpc) is 2.92. The molecule has 0 fully saturated rings. The minimum atomic E-state index is -0.396. The maximum atomic E-state index is 12.9. The van der Waals surface area contributed by atoms with Gasteiger partial charge in [-0.2, -0.15) is 0 Å². The van der Waals surface area contributed by atoms with E-state index in [0.29, 0.717) is 13.1 Å². The Labute approximate surface area is 214 Å². The zero-order valence-corrected chi connectivity index (χ0v) is 20.4. The molecule has 1 aromatic carbocycles. The lowest BCUT2D eigenvalue weighted by Gasteiger charge is -2.27. The van der Waals surface area contributed by atoms with Crippen LogP contribution in [-0.4, -0.2) is 30.8 Å². The number of nitrogens with zero attached hydrogens (tertiary/aromatic N) is 6. The Kier molecular flexibility index (Phi) is 6.93. The molecular weight excluding hydrogens is 464 g/mol. The van der Waals surface area contributed by atoms with Crippen molar-refractivity contribution in [2.75, 3.05) is 10.6 Å². The number of nitrogens with one attached hydrogen (secondary N) is 1. The van der Waals surface area contributed by atoms with Crippen LogP contribution < -0.4 is 16.0 Å². The first kappa shape index (κ1) is 23.8. The molecule has 3 N–H and O–H groups in total. The molecule has 0 radical (unpaired) electrons. The van der Waals surface area contributed by atoms with Gasteiger partial charge in [0.15, 0.2) is 11.5 Å². The minimum absolute atomic E-state index is 0.0854. The summed E-state index contributed by atoms with van der Waals surface area (Å²) < 4.78 is 0. The van der Waals surface area contributed by atoms with Gasteiger partial charge in [0, 0.05) is 67.8 Å². The van der Waals surface area contributed by atoms with Crippen LogP contribution in [-0.2, 0) is 19.6 Å². The van der Waals surface area contributed by atoms with Crippen LogP contribution in [0.1, 0.15) is 32.7 Å². The van der Waals surface area contributed by atoms with Crippen molar-refractivity contribution in [3.63, 3.8) is 0 Å². The maximum absolute atomic E-state index is 12.9. The first-order valence-corrected chi connectivity index (χ1v) is 11.8. The third-order valence-corrected chi connectivity index (χ3v) is 5.98. The zero-order chi connectivity index (χ0) is 25.6. The number of para-hydroxylation sites is 1. The van der Waals surface area contributed by atoms with Crippen LogP contribution >= 0.6 is 0 Å². The highest BCUT2D eigenvalue weighted by molar-refractivity contribution is 5.96. The summed E-state index contributed by atoms with van der Waals surface area (Å²) in [6, 6.07) is 16.1. The van der Waals surface area contributed by atoms with Crippen molar-refractivity contribution in [2.24, 2.45) is 0 Å². The van der Waals surface area contributed by atoms with Crippen molar-refractivity contribution >= 4 is 28.4 Å². The number of carbonyl (C=O) groups excluding carboxylic acids is 1. The molecule has 0 atom stereocenters. The number of fused-ring (bicyclic) bond motifs is 1. The first-order valence-electron chi connectivity index (χ1n) is 11.8. The Morgan fingerprint density at radius 3 is 2.27 bits per heavy atom. The number of nitrogen functional groups attached to an aromatic ring is 1. The van der Waals surface area contributed by atoms with E-state index in [-0.39, 0.29) is 18.1 Å². The van der Waals surface area contributed by atoms with Gasteiger partial charge >= 0.3 is 0 Å². The Balaban J connectivity index is 1.56. The van der Waals surface area contributed by atoms with Gasteiger partial charge in [-0.1, -0.05) is 30.3 Å². The monoisotopic (exact) mass is 490 g/mol. The Bertz CT molecular complexity index is 1480. The molecule has 1 amide bonds. The Morgan fingerprint density at radius 1 is 0.919 bits per heavy atom. The lowest BCUT2D eigenvalue weighted by molar-refractivity contribution is 0.0946. The van der Waals surface area contributed by atoms with Gasteiger partial charge in [0.2, 0.25) is 0 Å². The van der Waals surface area contributed by atoms with Gasteiger partial charge in [-0.15, -0.1) is 0 Å². The zero-order valence-electron chi connectivity index (χ0n) is 20.4. The molecule has 5 rings (SSSR count). The van der Waals surface area contributed by atoms with E-state index in [4.69, 9.17) is 10.7 Å². The summed E-state index contributed by atoms with van der Waals surface area (Å²) >= 11 is 0. The van der Waals surface area contributed by atoms with Crippen LogP contribution in [0, 0.1) is 6.92 Å². The summed E-state index contributed by atoms with van der Waals surface area (Å²) in [4.78, 5) is 36.8. The number of amides is 1. The van der Waals surface area contributed by atoms with E-state index in [0.717, 1.165) is 39.0 Å². The van der Waals surface area contributed by atoms with Crippen molar-refractivity contribution in [3.8, 4) is 0 Å². The highest BCUT2D eigenvalue weighted by Crippen LogP contribution is 2.28. The third kappa shape index (κ3) is 5.51. The molecule has 4 heterocycles. The number of carbonyl (C=O) groups is 1. The fourth-order valence-corrected chi connectivity index (χ4v) is 4.20. The van der Waals surface area contributed by atoms with E-state index in [1.165, 1.54) is 12.4 Å². The summed E-state index contributed by atoms with van der Waals surface area (Å²) in [5.74, 6) is 0.455. The SMILES string of the molecule is Cc1cccc2cc(CNC(=O)c3nccnc3N)c(N(Cc3cccnc3)Cc3cccnc3)nc12. The number of rotatable bonds is 8. The largest absolute Gasteiger partial charge is 0.382 e. The molecule has 184 valence electrons. The number of pyridine rings is 3. The van der Waals surface area contributed by atoms with Crippen LogP contribution in [0.4, 0.5) is 11.6 Å². The molecule has 0 unspecified atom stereocenters. The van der Waals surface area contributed by atoms with Crippen molar-refractivity contribution in [1.29, 1.82) is 0 Å². The Hall–Kier alpha value is -4.92. The van der Waals surface area contributed by atoms with Crippen LogP contribution in [0.25, 0.3) is 10.9 Å². The summed E-state index contributed by atoms with van der Waals surface area (Å²) in [5.41, 5.74) is 10.9. The van der Waals surface area contributed by atoms with Gasteiger partial charge in [-0.3, -0.25) is 14.8 Å². The lowest BCUT2D eigenvalue weighted by Crippen LogP contribution is -2.29. The van der Waals surface area contributed by atoms with Crippen LogP contribution in [0.15, 0.2) is 85.7 Å². The number of hydrogen-bond donors (Lipinski definition) is 2. The molecule has 9 nitrogen and oxygen atoms in total. The average molecular weight is 491 g/mol. The molecule has 0 aliphatic rings. The predicted molar refractivity (Wildman–Crippen MR) is 142 cm³/mol. The van der Waals surface area contributed by atoms with Crippen molar-refractivity contribution in [2.45, 2.75) is 26.6 Å². The van der Waals surface area contributed by atoms with E-state index >= 15 is 0 Å². The molecule has 0 aliphatic heterocycles. The standard InChI is InChI=1S/C28H26N8O/c1-19-5-2-8-22-13-23(16-34-28(37)25-26(29)33-12-11-32-25)27(35-24(19)22)36(17-20-6-3-9-30-14-20)18-21-7-4-10-31-15-21/h2-15H,16-18H2,1H3,(H2,29,33)(H,34,37). The molecular formula is C28H26N8O. The summed E-state index contributed by atoms with van der Waals surface area (Å²) in [6.45, 7) is 3.43. The topological polar surface area (TPSA) is 123 Å². The fourth-order valence-electron chi connectivity index (χ4n) is 4.20. The molecule has 9 heteroatoms. The van der Waals surface area contributed by atoms with E-state index in [9.17, 15) is 4.79 Å². The maximum Gasteiger partial charge on any atom is 0.273 e. The quantitative estimate of drug-likeness (QED) is 0.336. The first-order chi connectivity index (χ1) is 18.1. The highest BCUT2D eigenvalue weighted by Gasteiger charge is 2.19. The smallest absolute Gasteiger partial charge is 0.273 e. The molecule has 37 heavy (non-hydrogen) atoms.